The van der Waals surface area contributed by atoms with Gasteiger partial charge < -0.3 is 10.1 Å². The summed E-state index contributed by atoms with van der Waals surface area (Å²) < 4.78 is 5.07. The molecule has 2 heteroatoms. The summed E-state index contributed by atoms with van der Waals surface area (Å²) in [7, 11) is 1.75. The van der Waals surface area contributed by atoms with Crippen LogP contribution in [-0.4, -0.2) is 26.8 Å². The maximum atomic E-state index is 5.07. The predicted molar refractivity (Wildman–Crippen MR) is 82.6 cm³/mol. The largest absolute Gasteiger partial charge is 0.383 e. The van der Waals surface area contributed by atoms with Crippen molar-refractivity contribution in [3.05, 3.63) is 35.4 Å². The van der Waals surface area contributed by atoms with E-state index in [1.165, 1.54) is 11.1 Å². The molecule has 1 N–H and O–H groups in total. The average Bonchev–Trinajstić information content (AvgIpc) is 2.42. The fourth-order valence-corrected chi connectivity index (χ4v) is 2.22. The summed E-state index contributed by atoms with van der Waals surface area (Å²) in [5, 5.41) is 3.49. The molecular formula is C17H29NO. The molecule has 0 spiro atoms. The SMILES string of the molecule is CCc1ccc(CC(CNCCOC)C(C)C)cc1. The van der Waals surface area contributed by atoms with E-state index in [1.54, 1.807) is 7.11 Å². The van der Waals surface area contributed by atoms with Gasteiger partial charge in [0, 0.05) is 13.7 Å². The number of benzene rings is 1. The van der Waals surface area contributed by atoms with Crippen molar-refractivity contribution < 1.29 is 4.74 Å². The van der Waals surface area contributed by atoms with Crippen LogP contribution in [0.25, 0.3) is 0 Å². The van der Waals surface area contributed by atoms with Crippen LogP contribution in [0.4, 0.5) is 0 Å². The molecule has 0 saturated carbocycles. The maximum Gasteiger partial charge on any atom is 0.0587 e. The van der Waals surface area contributed by atoms with Gasteiger partial charge in [-0.1, -0.05) is 45.0 Å². The zero-order valence-corrected chi connectivity index (χ0v) is 12.9. The lowest BCUT2D eigenvalue weighted by Crippen LogP contribution is -2.30. The Balaban J connectivity index is 2.47. The molecule has 0 saturated heterocycles. The normalized spacial score (nSPS) is 12.9. The molecule has 108 valence electrons. The molecule has 19 heavy (non-hydrogen) atoms. The molecule has 1 rings (SSSR count). The summed E-state index contributed by atoms with van der Waals surface area (Å²) in [6.45, 7) is 9.61. The second kappa shape index (κ2) is 9.11. The van der Waals surface area contributed by atoms with Gasteiger partial charge in [-0.3, -0.25) is 0 Å². The monoisotopic (exact) mass is 263 g/mol. The number of rotatable bonds is 9. The summed E-state index contributed by atoms with van der Waals surface area (Å²) in [5.41, 5.74) is 2.87. The third-order valence-electron chi connectivity index (χ3n) is 3.76. The predicted octanol–water partition coefficient (Wildman–Crippen LogP) is 3.30. The molecule has 0 aliphatic heterocycles. The zero-order chi connectivity index (χ0) is 14.1. The van der Waals surface area contributed by atoms with E-state index in [9.17, 15) is 0 Å². The summed E-state index contributed by atoms with van der Waals surface area (Å²) in [6.07, 6.45) is 2.27. The van der Waals surface area contributed by atoms with E-state index in [2.05, 4.69) is 50.4 Å². The number of aryl methyl sites for hydroxylation is 1. The highest BCUT2D eigenvalue weighted by atomic mass is 16.5. The van der Waals surface area contributed by atoms with Gasteiger partial charge in [-0.2, -0.15) is 0 Å². The quantitative estimate of drug-likeness (QED) is 0.690. The Labute approximate surface area is 118 Å². The molecule has 1 unspecified atom stereocenters. The van der Waals surface area contributed by atoms with E-state index in [-0.39, 0.29) is 0 Å². The van der Waals surface area contributed by atoms with E-state index in [0.717, 1.165) is 32.5 Å². The molecule has 0 aromatic heterocycles. The van der Waals surface area contributed by atoms with Gasteiger partial charge in [0.25, 0.3) is 0 Å². The molecule has 0 bridgehead atoms. The highest BCUT2D eigenvalue weighted by Crippen LogP contribution is 2.17. The van der Waals surface area contributed by atoms with Crippen LogP contribution in [0.5, 0.6) is 0 Å². The van der Waals surface area contributed by atoms with Crippen LogP contribution in [0.1, 0.15) is 31.9 Å². The zero-order valence-electron chi connectivity index (χ0n) is 12.9. The lowest BCUT2D eigenvalue weighted by Gasteiger charge is -2.21. The first kappa shape index (κ1) is 16.2. The van der Waals surface area contributed by atoms with Gasteiger partial charge in [0.05, 0.1) is 6.61 Å². The Bertz CT molecular complexity index is 332. The van der Waals surface area contributed by atoms with Crippen molar-refractivity contribution in [1.82, 2.24) is 5.32 Å². The molecule has 1 aromatic carbocycles. The van der Waals surface area contributed by atoms with Crippen molar-refractivity contribution in [2.24, 2.45) is 11.8 Å². The Morgan fingerprint density at radius 1 is 1.11 bits per heavy atom. The van der Waals surface area contributed by atoms with Gasteiger partial charge in [-0.15, -0.1) is 0 Å². The molecule has 0 aliphatic rings. The van der Waals surface area contributed by atoms with E-state index in [1.807, 2.05) is 0 Å². The molecule has 0 fully saturated rings. The molecule has 0 radical (unpaired) electrons. The van der Waals surface area contributed by atoms with Crippen LogP contribution in [0.2, 0.25) is 0 Å². The third kappa shape index (κ3) is 6.22. The van der Waals surface area contributed by atoms with Gasteiger partial charge in [0.1, 0.15) is 0 Å². The minimum absolute atomic E-state index is 0.685. The second-order valence-electron chi connectivity index (χ2n) is 5.58. The van der Waals surface area contributed by atoms with Crippen LogP contribution in [0.15, 0.2) is 24.3 Å². The number of hydrogen-bond acceptors (Lipinski definition) is 2. The van der Waals surface area contributed by atoms with Crippen molar-refractivity contribution in [1.29, 1.82) is 0 Å². The van der Waals surface area contributed by atoms with E-state index < -0.39 is 0 Å². The van der Waals surface area contributed by atoms with Crippen molar-refractivity contribution in [3.8, 4) is 0 Å². The minimum Gasteiger partial charge on any atom is -0.383 e. The Morgan fingerprint density at radius 3 is 2.26 bits per heavy atom. The molecule has 0 aliphatic carbocycles. The standard InChI is InChI=1S/C17H29NO/c1-5-15-6-8-16(9-7-15)12-17(14(2)3)13-18-10-11-19-4/h6-9,14,17-18H,5,10-13H2,1-4H3. The minimum atomic E-state index is 0.685. The van der Waals surface area contributed by atoms with Crippen LogP contribution in [0, 0.1) is 11.8 Å². The first-order valence-corrected chi connectivity index (χ1v) is 7.44. The van der Waals surface area contributed by atoms with E-state index >= 15 is 0 Å². The molecule has 0 heterocycles. The number of nitrogens with one attached hydrogen (secondary N) is 1. The summed E-state index contributed by atoms with van der Waals surface area (Å²) >= 11 is 0. The number of hydrogen-bond donors (Lipinski definition) is 1. The third-order valence-corrected chi connectivity index (χ3v) is 3.76. The van der Waals surface area contributed by atoms with Crippen molar-refractivity contribution >= 4 is 0 Å². The topological polar surface area (TPSA) is 21.3 Å². The second-order valence-corrected chi connectivity index (χ2v) is 5.58. The Hall–Kier alpha value is -0.860. The fourth-order valence-electron chi connectivity index (χ4n) is 2.22. The molecule has 1 aromatic rings. The number of methoxy groups -OCH3 is 1. The fraction of sp³-hybridized carbons (Fsp3) is 0.647. The van der Waals surface area contributed by atoms with E-state index in [0.29, 0.717) is 11.8 Å². The summed E-state index contributed by atoms with van der Waals surface area (Å²) in [5.74, 6) is 1.38. The Kier molecular flexibility index (Phi) is 7.76. The van der Waals surface area contributed by atoms with Gasteiger partial charge >= 0.3 is 0 Å². The van der Waals surface area contributed by atoms with Crippen molar-refractivity contribution in [3.63, 3.8) is 0 Å². The van der Waals surface area contributed by atoms with E-state index in [4.69, 9.17) is 4.74 Å². The lowest BCUT2D eigenvalue weighted by atomic mass is 9.89. The molecule has 2 nitrogen and oxygen atoms in total. The van der Waals surface area contributed by atoms with Crippen LogP contribution >= 0.6 is 0 Å². The molecular weight excluding hydrogens is 234 g/mol. The van der Waals surface area contributed by atoms with Crippen LogP contribution in [-0.2, 0) is 17.6 Å². The van der Waals surface area contributed by atoms with Gasteiger partial charge in [-0.05, 0) is 42.3 Å². The smallest absolute Gasteiger partial charge is 0.0587 e. The molecule has 0 amide bonds. The number of ether oxygens (including phenoxy) is 1. The highest BCUT2D eigenvalue weighted by molar-refractivity contribution is 5.22. The first-order chi connectivity index (χ1) is 9.17. The van der Waals surface area contributed by atoms with Crippen LogP contribution in [0.3, 0.4) is 0 Å². The Morgan fingerprint density at radius 2 is 1.74 bits per heavy atom. The first-order valence-electron chi connectivity index (χ1n) is 7.44. The lowest BCUT2D eigenvalue weighted by molar-refractivity contribution is 0.196. The maximum absolute atomic E-state index is 5.07. The van der Waals surface area contributed by atoms with Crippen molar-refractivity contribution in [2.45, 2.75) is 33.6 Å². The molecule has 1 atom stereocenters. The summed E-state index contributed by atoms with van der Waals surface area (Å²) in [4.78, 5) is 0. The highest BCUT2D eigenvalue weighted by Gasteiger charge is 2.13. The van der Waals surface area contributed by atoms with Gasteiger partial charge in [-0.25, -0.2) is 0 Å². The van der Waals surface area contributed by atoms with Crippen molar-refractivity contribution in [2.75, 3.05) is 26.8 Å². The van der Waals surface area contributed by atoms with Crippen LogP contribution < -0.4 is 5.32 Å². The summed E-state index contributed by atoms with van der Waals surface area (Å²) in [6, 6.07) is 9.07. The van der Waals surface area contributed by atoms with Gasteiger partial charge in [0.2, 0.25) is 0 Å². The van der Waals surface area contributed by atoms with Gasteiger partial charge in [0.15, 0.2) is 0 Å². The average molecular weight is 263 g/mol.